The van der Waals surface area contributed by atoms with Crippen LogP contribution in [0.3, 0.4) is 0 Å². The van der Waals surface area contributed by atoms with Crippen LogP contribution in [0.25, 0.3) is 11.3 Å². The van der Waals surface area contributed by atoms with Crippen LogP contribution in [0.1, 0.15) is 6.92 Å². The number of rotatable bonds is 5. The molecule has 0 bridgehead atoms. The Morgan fingerprint density at radius 2 is 2.26 bits per heavy atom. The van der Waals surface area contributed by atoms with Gasteiger partial charge in [0.25, 0.3) is 0 Å². The second-order valence-electron chi connectivity index (χ2n) is 5.03. The molecule has 1 amide bonds. The lowest BCUT2D eigenvalue weighted by Crippen LogP contribution is -2.24. The van der Waals surface area contributed by atoms with Gasteiger partial charge in [0.2, 0.25) is 5.91 Å². The predicted molar refractivity (Wildman–Crippen MR) is 85.3 cm³/mol. The number of amides is 1. The Kier molecular flexibility index (Phi) is 4.42. The van der Waals surface area contributed by atoms with Gasteiger partial charge in [-0.25, -0.2) is 14.4 Å². The van der Waals surface area contributed by atoms with Crippen LogP contribution in [0.2, 0.25) is 0 Å². The summed E-state index contributed by atoms with van der Waals surface area (Å²) in [6.45, 7) is 2.22. The molecular formula is C15H14FN5OS. The lowest BCUT2D eigenvalue weighted by atomic mass is 10.1. The second kappa shape index (κ2) is 6.66. The Morgan fingerprint density at radius 3 is 3.00 bits per heavy atom. The highest BCUT2D eigenvalue weighted by Gasteiger charge is 2.16. The van der Waals surface area contributed by atoms with Crippen LogP contribution in [-0.4, -0.2) is 25.7 Å². The number of anilines is 1. The first-order chi connectivity index (χ1) is 11.1. The third kappa shape index (κ3) is 3.59. The zero-order valence-electron chi connectivity index (χ0n) is 12.3. The van der Waals surface area contributed by atoms with Gasteiger partial charge in [-0.05, 0) is 12.1 Å². The normalized spacial score (nSPS) is 12.1. The molecule has 0 aliphatic rings. The number of nitrogens with zero attached hydrogens (tertiary/aromatic N) is 4. The molecule has 0 spiro atoms. The quantitative estimate of drug-likeness (QED) is 0.780. The van der Waals surface area contributed by atoms with Gasteiger partial charge in [-0.15, -0.1) is 11.3 Å². The number of aromatic nitrogens is 4. The molecule has 0 saturated heterocycles. The fraction of sp³-hybridized carbons (Fsp3) is 0.200. The van der Waals surface area contributed by atoms with Gasteiger partial charge >= 0.3 is 0 Å². The van der Waals surface area contributed by atoms with E-state index in [0.717, 1.165) is 0 Å². The van der Waals surface area contributed by atoms with E-state index in [2.05, 4.69) is 20.4 Å². The molecule has 0 aliphatic heterocycles. The number of halogens is 1. The van der Waals surface area contributed by atoms with Gasteiger partial charge in [-0.2, -0.15) is 5.10 Å². The molecule has 2 heterocycles. The molecule has 23 heavy (non-hydrogen) atoms. The fourth-order valence-electron chi connectivity index (χ4n) is 2.04. The van der Waals surface area contributed by atoms with E-state index in [-0.39, 0.29) is 17.6 Å². The molecule has 0 aliphatic carbocycles. The van der Waals surface area contributed by atoms with Crippen LogP contribution < -0.4 is 5.32 Å². The molecule has 1 atom stereocenters. The van der Waals surface area contributed by atoms with Crippen molar-refractivity contribution in [1.82, 2.24) is 19.7 Å². The lowest BCUT2D eigenvalue weighted by Gasteiger charge is -2.10. The van der Waals surface area contributed by atoms with Gasteiger partial charge in [0, 0.05) is 10.9 Å². The van der Waals surface area contributed by atoms with Gasteiger partial charge in [-0.3, -0.25) is 9.48 Å². The van der Waals surface area contributed by atoms with Crippen molar-refractivity contribution in [2.75, 3.05) is 5.32 Å². The summed E-state index contributed by atoms with van der Waals surface area (Å²) in [5, 5.41) is 8.88. The molecule has 0 fully saturated rings. The average molecular weight is 331 g/mol. The van der Waals surface area contributed by atoms with Crippen LogP contribution in [0.5, 0.6) is 0 Å². The van der Waals surface area contributed by atoms with Gasteiger partial charge in [0.15, 0.2) is 5.13 Å². The molecular weight excluding hydrogens is 317 g/mol. The summed E-state index contributed by atoms with van der Waals surface area (Å²) in [7, 11) is 0. The van der Waals surface area contributed by atoms with Crippen LogP contribution in [0.4, 0.5) is 9.52 Å². The van der Waals surface area contributed by atoms with Gasteiger partial charge in [-0.1, -0.05) is 19.1 Å². The number of nitrogens with one attached hydrogen (secondary N) is 1. The Morgan fingerprint density at radius 1 is 1.43 bits per heavy atom. The molecule has 1 N–H and O–H groups in total. The van der Waals surface area contributed by atoms with E-state index in [9.17, 15) is 9.18 Å². The first-order valence-corrected chi connectivity index (χ1v) is 7.85. The van der Waals surface area contributed by atoms with Crippen molar-refractivity contribution in [2.24, 2.45) is 5.92 Å². The number of carbonyl (C=O) groups is 1. The Labute approximate surface area is 136 Å². The van der Waals surface area contributed by atoms with Crippen molar-refractivity contribution in [3.05, 3.63) is 48.1 Å². The van der Waals surface area contributed by atoms with Crippen molar-refractivity contribution < 1.29 is 9.18 Å². The highest BCUT2D eigenvalue weighted by molar-refractivity contribution is 7.14. The number of thiazole rings is 1. The Hall–Kier alpha value is -2.61. The molecule has 6 nitrogen and oxygen atoms in total. The summed E-state index contributed by atoms with van der Waals surface area (Å²) in [6, 6.07) is 6.41. The largest absolute Gasteiger partial charge is 0.302 e. The van der Waals surface area contributed by atoms with Crippen LogP contribution in [-0.2, 0) is 11.3 Å². The number of benzene rings is 1. The van der Waals surface area contributed by atoms with E-state index in [0.29, 0.717) is 22.9 Å². The smallest absolute Gasteiger partial charge is 0.230 e. The van der Waals surface area contributed by atoms with E-state index in [1.54, 1.807) is 41.5 Å². The van der Waals surface area contributed by atoms with Gasteiger partial charge in [0.1, 0.15) is 18.5 Å². The van der Waals surface area contributed by atoms with E-state index >= 15 is 0 Å². The molecule has 0 unspecified atom stereocenters. The third-order valence-corrected chi connectivity index (χ3v) is 4.02. The second-order valence-corrected chi connectivity index (χ2v) is 5.88. The maximum Gasteiger partial charge on any atom is 0.230 e. The molecule has 2 aromatic heterocycles. The van der Waals surface area contributed by atoms with Crippen molar-refractivity contribution in [3.8, 4) is 11.3 Å². The summed E-state index contributed by atoms with van der Waals surface area (Å²) >= 11 is 1.26. The minimum absolute atomic E-state index is 0.171. The van der Waals surface area contributed by atoms with Crippen molar-refractivity contribution in [3.63, 3.8) is 0 Å². The van der Waals surface area contributed by atoms with E-state index in [4.69, 9.17) is 0 Å². The highest BCUT2D eigenvalue weighted by Crippen LogP contribution is 2.27. The third-order valence-electron chi connectivity index (χ3n) is 3.26. The molecule has 3 aromatic rings. The number of hydrogen-bond donors (Lipinski definition) is 1. The van der Waals surface area contributed by atoms with Gasteiger partial charge in [0.05, 0.1) is 18.2 Å². The monoisotopic (exact) mass is 331 g/mol. The topological polar surface area (TPSA) is 72.7 Å². The van der Waals surface area contributed by atoms with Crippen LogP contribution in [0, 0.1) is 11.7 Å². The van der Waals surface area contributed by atoms with E-state index in [1.165, 1.54) is 23.7 Å². The number of hydrogen-bond acceptors (Lipinski definition) is 5. The first-order valence-electron chi connectivity index (χ1n) is 6.97. The van der Waals surface area contributed by atoms with Crippen molar-refractivity contribution >= 4 is 22.4 Å². The lowest BCUT2D eigenvalue weighted by molar-refractivity contribution is -0.119. The molecule has 0 radical (unpaired) electrons. The minimum Gasteiger partial charge on any atom is -0.302 e. The van der Waals surface area contributed by atoms with Crippen molar-refractivity contribution in [2.45, 2.75) is 13.5 Å². The van der Waals surface area contributed by atoms with Crippen LogP contribution in [0.15, 0.2) is 42.3 Å². The Bertz CT molecular complexity index is 802. The van der Waals surface area contributed by atoms with E-state index in [1.807, 2.05) is 0 Å². The maximum absolute atomic E-state index is 13.7. The SMILES string of the molecule is C[C@@H](Cn1cncn1)C(=O)Nc1nc(-c2ccccc2F)cs1. The molecule has 3 rings (SSSR count). The van der Waals surface area contributed by atoms with Gasteiger partial charge < -0.3 is 5.32 Å². The zero-order chi connectivity index (χ0) is 16.2. The highest BCUT2D eigenvalue weighted by atomic mass is 32.1. The summed E-state index contributed by atoms with van der Waals surface area (Å²) in [5.41, 5.74) is 0.923. The van der Waals surface area contributed by atoms with Crippen LogP contribution >= 0.6 is 11.3 Å². The molecule has 118 valence electrons. The summed E-state index contributed by atoms with van der Waals surface area (Å²) in [4.78, 5) is 20.3. The molecule has 8 heteroatoms. The molecule has 1 aromatic carbocycles. The standard InChI is InChI=1S/C15H14FN5OS/c1-10(6-21-9-17-8-18-21)14(22)20-15-19-13(7-23-15)11-4-2-3-5-12(11)16/h2-5,7-10H,6H2,1H3,(H,19,20,22)/t10-/m0/s1. The fourth-order valence-corrected chi connectivity index (χ4v) is 2.76. The predicted octanol–water partition coefficient (Wildman–Crippen LogP) is 2.82. The number of carbonyl (C=O) groups excluding carboxylic acids is 1. The Balaban J connectivity index is 1.67. The summed E-state index contributed by atoms with van der Waals surface area (Å²) in [5.74, 6) is -0.803. The summed E-state index contributed by atoms with van der Waals surface area (Å²) < 4.78 is 15.3. The maximum atomic E-state index is 13.7. The first kappa shape index (κ1) is 15.3. The summed E-state index contributed by atoms with van der Waals surface area (Å²) in [6.07, 6.45) is 2.98. The zero-order valence-corrected chi connectivity index (χ0v) is 13.1. The molecule has 0 saturated carbocycles. The van der Waals surface area contributed by atoms with Crippen molar-refractivity contribution in [1.29, 1.82) is 0 Å². The minimum atomic E-state index is -0.338. The average Bonchev–Trinajstić information content (AvgIpc) is 3.19. The van der Waals surface area contributed by atoms with E-state index < -0.39 is 0 Å².